The highest BCUT2D eigenvalue weighted by Crippen LogP contribution is 1.99. The lowest BCUT2D eigenvalue weighted by atomic mass is 10.2. The Morgan fingerprint density at radius 3 is 2.47 bits per heavy atom. The normalized spacial score (nSPS) is 11.6. The lowest BCUT2D eigenvalue weighted by Crippen LogP contribution is -2.43. The predicted molar refractivity (Wildman–Crippen MR) is 66.0 cm³/mol. The fourth-order valence-electron chi connectivity index (χ4n) is 1.04. The average molecular weight is 262 g/mol. The van der Waals surface area contributed by atoms with E-state index in [1.807, 2.05) is 13.2 Å². The molecule has 0 radical (unpaired) electrons. The van der Waals surface area contributed by atoms with Gasteiger partial charge in [0.2, 0.25) is 5.91 Å². The number of imide groups is 1. The van der Waals surface area contributed by atoms with Gasteiger partial charge in [-0.15, -0.1) is 0 Å². The summed E-state index contributed by atoms with van der Waals surface area (Å²) in [6, 6.07) is -0.594. The van der Waals surface area contributed by atoms with Crippen molar-refractivity contribution in [3.05, 3.63) is 0 Å². The first-order valence-electron chi connectivity index (χ1n) is 5.26. The van der Waals surface area contributed by atoms with Gasteiger partial charge in [0.1, 0.15) is 0 Å². The highest BCUT2D eigenvalue weighted by Gasteiger charge is 2.11. The van der Waals surface area contributed by atoms with Gasteiger partial charge in [-0.2, -0.15) is 11.8 Å². The number of aliphatic carboxylic acids is 1. The molecule has 0 aliphatic rings. The molecule has 0 saturated carbocycles. The minimum Gasteiger partial charge on any atom is -0.481 e. The number of urea groups is 1. The van der Waals surface area contributed by atoms with E-state index in [1.165, 1.54) is 0 Å². The van der Waals surface area contributed by atoms with E-state index in [2.05, 4.69) is 10.6 Å². The molecule has 17 heavy (non-hydrogen) atoms. The van der Waals surface area contributed by atoms with E-state index >= 15 is 0 Å². The van der Waals surface area contributed by atoms with Crippen LogP contribution in [0.5, 0.6) is 0 Å². The number of rotatable bonds is 7. The van der Waals surface area contributed by atoms with Crippen molar-refractivity contribution in [2.45, 2.75) is 32.2 Å². The molecule has 0 aliphatic heterocycles. The summed E-state index contributed by atoms with van der Waals surface area (Å²) in [5.74, 6) is -0.718. The van der Waals surface area contributed by atoms with Crippen LogP contribution in [0.4, 0.5) is 4.79 Å². The molecule has 0 saturated heterocycles. The maximum atomic E-state index is 11.3. The van der Waals surface area contributed by atoms with Crippen LogP contribution in [0, 0.1) is 0 Å². The topological polar surface area (TPSA) is 95.5 Å². The molecule has 0 bridgehead atoms. The number of hydrogen-bond donors (Lipinski definition) is 3. The van der Waals surface area contributed by atoms with Gasteiger partial charge >= 0.3 is 12.0 Å². The van der Waals surface area contributed by atoms with Gasteiger partial charge in [-0.25, -0.2) is 4.79 Å². The Kier molecular flexibility index (Phi) is 8.21. The molecular weight excluding hydrogens is 244 g/mol. The summed E-state index contributed by atoms with van der Waals surface area (Å²) >= 11 is 1.68. The van der Waals surface area contributed by atoms with Crippen LogP contribution < -0.4 is 10.6 Å². The second-order valence-electron chi connectivity index (χ2n) is 3.60. The third-order valence-corrected chi connectivity index (χ3v) is 2.60. The summed E-state index contributed by atoms with van der Waals surface area (Å²) in [5, 5.41) is 13.0. The smallest absolute Gasteiger partial charge is 0.321 e. The average Bonchev–Trinajstić information content (AvgIpc) is 2.23. The summed E-state index contributed by atoms with van der Waals surface area (Å²) in [6.07, 6.45) is 2.32. The number of carbonyl (C=O) groups excluding carboxylic acids is 2. The summed E-state index contributed by atoms with van der Waals surface area (Å²) in [7, 11) is 0. The van der Waals surface area contributed by atoms with E-state index in [4.69, 9.17) is 5.11 Å². The van der Waals surface area contributed by atoms with Gasteiger partial charge in [0.15, 0.2) is 0 Å². The van der Waals surface area contributed by atoms with Crippen molar-refractivity contribution in [2.24, 2.45) is 0 Å². The van der Waals surface area contributed by atoms with Gasteiger partial charge in [0.05, 0.1) is 6.42 Å². The number of amides is 3. The van der Waals surface area contributed by atoms with Crippen molar-refractivity contribution in [2.75, 3.05) is 12.0 Å². The van der Waals surface area contributed by atoms with Gasteiger partial charge in [0.25, 0.3) is 0 Å². The maximum Gasteiger partial charge on any atom is 0.321 e. The number of thioether (sulfide) groups is 1. The number of carbonyl (C=O) groups is 3. The van der Waals surface area contributed by atoms with Crippen LogP contribution in [0.2, 0.25) is 0 Å². The SMILES string of the molecule is CSCCC(C)NC(=O)NC(=O)CCC(=O)O. The molecule has 6 nitrogen and oxygen atoms in total. The molecule has 7 heteroatoms. The van der Waals surface area contributed by atoms with E-state index in [0.29, 0.717) is 0 Å². The molecule has 0 aromatic heterocycles. The van der Waals surface area contributed by atoms with Crippen molar-refractivity contribution in [3.8, 4) is 0 Å². The van der Waals surface area contributed by atoms with Crippen LogP contribution in [0.1, 0.15) is 26.2 Å². The van der Waals surface area contributed by atoms with Crippen molar-refractivity contribution in [1.29, 1.82) is 0 Å². The molecule has 1 atom stereocenters. The largest absolute Gasteiger partial charge is 0.481 e. The standard InChI is InChI=1S/C10H18N2O4S/c1-7(5-6-17-2)11-10(16)12-8(13)3-4-9(14)15/h7H,3-6H2,1-2H3,(H,14,15)(H2,11,12,13,16). The Balaban J connectivity index is 3.77. The van der Waals surface area contributed by atoms with Crippen LogP contribution in [0.3, 0.4) is 0 Å². The van der Waals surface area contributed by atoms with Gasteiger partial charge < -0.3 is 10.4 Å². The molecule has 0 aromatic rings. The minimum atomic E-state index is -1.06. The van der Waals surface area contributed by atoms with E-state index in [0.717, 1.165) is 12.2 Å². The minimum absolute atomic E-state index is 0.0188. The van der Waals surface area contributed by atoms with Crippen LogP contribution in [0.25, 0.3) is 0 Å². The Hall–Kier alpha value is -1.24. The Labute approximate surface area is 105 Å². The maximum absolute atomic E-state index is 11.3. The van der Waals surface area contributed by atoms with Crippen molar-refractivity contribution in [3.63, 3.8) is 0 Å². The molecule has 98 valence electrons. The Morgan fingerprint density at radius 2 is 1.94 bits per heavy atom. The number of nitrogens with one attached hydrogen (secondary N) is 2. The molecule has 3 amide bonds. The second kappa shape index (κ2) is 8.86. The Bertz CT molecular complexity index is 283. The fraction of sp³-hybridized carbons (Fsp3) is 0.700. The fourth-order valence-corrected chi connectivity index (χ4v) is 1.63. The van der Waals surface area contributed by atoms with Crippen LogP contribution in [0.15, 0.2) is 0 Å². The van der Waals surface area contributed by atoms with Crippen molar-refractivity contribution in [1.82, 2.24) is 10.6 Å². The van der Waals surface area contributed by atoms with Gasteiger partial charge in [-0.1, -0.05) is 0 Å². The first kappa shape index (κ1) is 15.8. The van der Waals surface area contributed by atoms with Crippen LogP contribution in [-0.2, 0) is 9.59 Å². The molecule has 0 aromatic carbocycles. The van der Waals surface area contributed by atoms with E-state index < -0.39 is 17.9 Å². The second-order valence-corrected chi connectivity index (χ2v) is 4.58. The van der Waals surface area contributed by atoms with Crippen molar-refractivity contribution < 1.29 is 19.5 Å². The lowest BCUT2D eigenvalue weighted by molar-refractivity contribution is -0.138. The molecular formula is C10H18N2O4S. The first-order valence-corrected chi connectivity index (χ1v) is 6.66. The summed E-state index contributed by atoms with van der Waals surface area (Å²) < 4.78 is 0. The third kappa shape index (κ3) is 9.68. The van der Waals surface area contributed by atoms with E-state index in [1.54, 1.807) is 11.8 Å². The zero-order valence-corrected chi connectivity index (χ0v) is 10.8. The molecule has 3 N–H and O–H groups in total. The summed E-state index contributed by atoms with van der Waals surface area (Å²) in [4.78, 5) is 32.6. The zero-order valence-electron chi connectivity index (χ0n) is 9.99. The highest BCUT2D eigenvalue weighted by atomic mass is 32.2. The van der Waals surface area contributed by atoms with E-state index in [9.17, 15) is 14.4 Å². The number of carboxylic acids is 1. The van der Waals surface area contributed by atoms with Crippen LogP contribution >= 0.6 is 11.8 Å². The number of carboxylic acid groups (broad SMARTS) is 1. The Morgan fingerprint density at radius 1 is 1.29 bits per heavy atom. The van der Waals surface area contributed by atoms with Crippen molar-refractivity contribution >= 4 is 29.7 Å². The molecule has 0 rings (SSSR count). The molecule has 0 fully saturated rings. The van der Waals surface area contributed by atoms with Crippen LogP contribution in [-0.4, -0.2) is 41.1 Å². The molecule has 1 unspecified atom stereocenters. The van der Waals surface area contributed by atoms with E-state index in [-0.39, 0.29) is 18.9 Å². The molecule has 0 heterocycles. The number of hydrogen-bond acceptors (Lipinski definition) is 4. The quantitative estimate of drug-likeness (QED) is 0.631. The lowest BCUT2D eigenvalue weighted by Gasteiger charge is -2.13. The summed E-state index contributed by atoms with van der Waals surface area (Å²) in [5.41, 5.74) is 0. The predicted octanol–water partition coefficient (Wildman–Crippen LogP) is 0.819. The summed E-state index contributed by atoms with van der Waals surface area (Å²) in [6.45, 7) is 1.84. The van der Waals surface area contributed by atoms with Gasteiger partial charge in [-0.05, 0) is 25.4 Å². The van der Waals surface area contributed by atoms with Gasteiger partial charge in [-0.3, -0.25) is 14.9 Å². The first-order chi connectivity index (χ1) is 7.95. The monoisotopic (exact) mass is 262 g/mol. The highest BCUT2D eigenvalue weighted by molar-refractivity contribution is 7.98. The molecule has 0 spiro atoms. The van der Waals surface area contributed by atoms with Gasteiger partial charge in [0, 0.05) is 12.5 Å². The molecule has 0 aliphatic carbocycles. The third-order valence-electron chi connectivity index (χ3n) is 1.95. The zero-order chi connectivity index (χ0) is 13.3.